The fraction of sp³-hybridized carbons (Fsp3) is 0.556. The molecule has 1 aliphatic rings. The Labute approximate surface area is 211 Å². The van der Waals surface area contributed by atoms with Crippen LogP contribution in [0.5, 0.6) is 0 Å². The number of carbonyl (C=O) groups excluding carboxylic acids is 1. The summed E-state index contributed by atoms with van der Waals surface area (Å²) in [5.41, 5.74) is 1.96. The monoisotopic (exact) mass is 488 g/mol. The number of hydrogen-bond acceptors (Lipinski definition) is 6. The van der Waals surface area contributed by atoms with Crippen LogP contribution >= 0.6 is 0 Å². The van der Waals surface area contributed by atoms with Crippen molar-refractivity contribution < 1.29 is 19.4 Å². The average molecular weight is 489 g/mol. The highest BCUT2D eigenvalue weighted by molar-refractivity contribution is 5.86. The number of methoxy groups -OCH3 is 1. The first kappa shape index (κ1) is 31.8. The SMILES string of the molecule is C/C=C(\CC=C/C(=C/OC)Nc1ncc(NC=O)c(C)n1)C(=O)O.CC1CCCC1.CCC(C)C. The van der Waals surface area contributed by atoms with Gasteiger partial charge in [-0.2, -0.15) is 0 Å². The Bertz CT molecular complexity index is 842. The molecular formula is C27H44N4O4. The molecule has 0 saturated heterocycles. The fourth-order valence-corrected chi connectivity index (χ4v) is 2.87. The van der Waals surface area contributed by atoms with Gasteiger partial charge >= 0.3 is 5.97 Å². The summed E-state index contributed by atoms with van der Waals surface area (Å²) in [7, 11) is 1.49. The van der Waals surface area contributed by atoms with Crippen molar-refractivity contribution in [1.29, 1.82) is 0 Å². The van der Waals surface area contributed by atoms with E-state index in [1.807, 2.05) is 0 Å². The van der Waals surface area contributed by atoms with Gasteiger partial charge in [0, 0.05) is 5.57 Å². The van der Waals surface area contributed by atoms with Crippen molar-refractivity contribution in [3.05, 3.63) is 47.7 Å². The van der Waals surface area contributed by atoms with Crippen molar-refractivity contribution in [2.24, 2.45) is 11.8 Å². The Morgan fingerprint density at radius 1 is 1.31 bits per heavy atom. The molecule has 1 heterocycles. The van der Waals surface area contributed by atoms with Crippen LogP contribution in [-0.4, -0.2) is 34.6 Å². The van der Waals surface area contributed by atoms with E-state index in [1.165, 1.54) is 51.7 Å². The third-order valence-corrected chi connectivity index (χ3v) is 5.41. The Morgan fingerprint density at radius 2 is 1.94 bits per heavy atom. The Morgan fingerprint density at radius 3 is 2.34 bits per heavy atom. The maximum atomic E-state index is 10.9. The van der Waals surface area contributed by atoms with Crippen LogP contribution in [0.25, 0.3) is 0 Å². The number of carbonyl (C=O) groups is 2. The molecule has 1 saturated carbocycles. The lowest BCUT2D eigenvalue weighted by Gasteiger charge is -2.08. The van der Waals surface area contributed by atoms with Crippen LogP contribution in [0.3, 0.4) is 0 Å². The molecule has 196 valence electrons. The summed E-state index contributed by atoms with van der Waals surface area (Å²) >= 11 is 0. The number of anilines is 2. The standard InChI is InChI=1S/C16H20N4O4.C6H12.C5H12/c1-4-12(15(22)23)6-5-7-13(9-24-3)20-16-17-8-14(18-10-21)11(2)19-16;1-6-4-2-3-5-6;1-4-5(2)3/h4-5,7-10H,6H2,1-3H3,(H,18,21)(H,22,23)(H,17,19,20);6H,2-5H2,1H3;5H,4H2,1-3H3/b7-5?,12-4+,13-9-;;. The number of amides is 1. The zero-order valence-corrected chi connectivity index (χ0v) is 22.4. The lowest BCUT2D eigenvalue weighted by atomic mass is 10.1. The largest absolute Gasteiger partial charge is 0.502 e. The maximum absolute atomic E-state index is 10.9. The third kappa shape index (κ3) is 15.4. The molecule has 8 nitrogen and oxygen atoms in total. The second-order valence-electron chi connectivity index (χ2n) is 8.81. The van der Waals surface area contributed by atoms with E-state index in [1.54, 1.807) is 32.1 Å². The summed E-state index contributed by atoms with van der Waals surface area (Å²) in [6.07, 6.45) is 15.9. The molecule has 0 aliphatic heterocycles. The smallest absolute Gasteiger partial charge is 0.331 e. The lowest BCUT2D eigenvalue weighted by molar-refractivity contribution is -0.132. The summed E-state index contributed by atoms with van der Waals surface area (Å²) in [6.45, 7) is 12.4. The van der Waals surface area contributed by atoms with Crippen molar-refractivity contribution in [3.8, 4) is 0 Å². The van der Waals surface area contributed by atoms with Crippen LogP contribution in [0.4, 0.5) is 11.6 Å². The van der Waals surface area contributed by atoms with E-state index >= 15 is 0 Å². The fourth-order valence-electron chi connectivity index (χ4n) is 2.87. The van der Waals surface area contributed by atoms with E-state index in [-0.39, 0.29) is 6.42 Å². The molecule has 0 aromatic carbocycles. The van der Waals surface area contributed by atoms with Crippen molar-refractivity contribution in [3.63, 3.8) is 0 Å². The zero-order chi connectivity index (χ0) is 26.6. The van der Waals surface area contributed by atoms with Crippen molar-refractivity contribution >= 4 is 24.0 Å². The number of ether oxygens (including phenoxy) is 1. The van der Waals surface area contributed by atoms with Gasteiger partial charge in [-0.1, -0.05) is 72.0 Å². The minimum atomic E-state index is -0.954. The lowest BCUT2D eigenvalue weighted by Crippen LogP contribution is -2.06. The van der Waals surface area contributed by atoms with Gasteiger partial charge in [0.2, 0.25) is 12.4 Å². The highest BCUT2D eigenvalue weighted by Gasteiger charge is 2.07. The summed E-state index contributed by atoms with van der Waals surface area (Å²) in [5.74, 6) is 1.30. The van der Waals surface area contributed by atoms with Crippen molar-refractivity contribution in [2.45, 2.75) is 80.1 Å². The zero-order valence-electron chi connectivity index (χ0n) is 22.4. The van der Waals surface area contributed by atoms with E-state index < -0.39 is 5.97 Å². The molecule has 0 radical (unpaired) electrons. The highest BCUT2D eigenvalue weighted by Crippen LogP contribution is 2.23. The molecule has 3 N–H and O–H groups in total. The topological polar surface area (TPSA) is 113 Å². The molecule has 0 bridgehead atoms. The second kappa shape index (κ2) is 19.2. The molecule has 2 rings (SSSR count). The molecule has 8 heteroatoms. The van der Waals surface area contributed by atoms with Gasteiger partial charge < -0.3 is 20.5 Å². The summed E-state index contributed by atoms with van der Waals surface area (Å²) < 4.78 is 4.98. The first-order valence-electron chi connectivity index (χ1n) is 12.3. The van der Waals surface area contributed by atoms with Crippen LogP contribution in [-0.2, 0) is 14.3 Å². The van der Waals surface area contributed by atoms with Crippen LogP contribution < -0.4 is 10.6 Å². The normalized spacial score (nSPS) is 14.1. The number of nitrogens with zero attached hydrogens (tertiary/aromatic N) is 2. The summed E-state index contributed by atoms with van der Waals surface area (Å²) in [6, 6.07) is 0. The number of aromatic nitrogens is 2. The van der Waals surface area contributed by atoms with E-state index in [0.29, 0.717) is 35.0 Å². The molecular weight excluding hydrogens is 444 g/mol. The highest BCUT2D eigenvalue weighted by atomic mass is 16.5. The number of carboxylic acid groups (broad SMARTS) is 1. The Kier molecular flexibility index (Phi) is 17.4. The molecule has 1 amide bonds. The van der Waals surface area contributed by atoms with Gasteiger partial charge in [-0.25, -0.2) is 14.8 Å². The van der Waals surface area contributed by atoms with E-state index in [0.717, 1.165) is 11.8 Å². The first-order valence-corrected chi connectivity index (χ1v) is 12.3. The number of hydrogen-bond donors (Lipinski definition) is 3. The quantitative estimate of drug-likeness (QED) is 0.149. The van der Waals surface area contributed by atoms with Gasteiger partial charge in [0.05, 0.1) is 30.4 Å². The Hall–Kier alpha value is -3.16. The number of carboxylic acids is 1. The van der Waals surface area contributed by atoms with E-state index in [4.69, 9.17) is 9.84 Å². The number of rotatable bonds is 10. The van der Waals surface area contributed by atoms with Gasteiger partial charge in [0.1, 0.15) is 6.26 Å². The minimum absolute atomic E-state index is 0.274. The number of nitrogens with one attached hydrogen (secondary N) is 2. The third-order valence-electron chi connectivity index (χ3n) is 5.41. The molecule has 0 unspecified atom stereocenters. The molecule has 1 fully saturated rings. The minimum Gasteiger partial charge on any atom is -0.502 e. The van der Waals surface area contributed by atoms with Crippen LogP contribution in [0.2, 0.25) is 0 Å². The summed E-state index contributed by atoms with van der Waals surface area (Å²) in [4.78, 5) is 29.7. The van der Waals surface area contributed by atoms with Gasteiger partial charge in [0.15, 0.2) is 0 Å². The second-order valence-corrected chi connectivity index (χ2v) is 8.81. The summed E-state index contributed by atoms with van der Waals surface area (Å²) in [5, 5.41) is 14.4. The van der Waals surface area contributed by atoms with Gasteiger partial charge in [0.25, 0.3) is 0 Å². The predicted octanol–water partition coefficient (Wildman–Crippen LogP) is 6.48. The number of aryl methyl sites for hydroxylation is 1. The van der Waals surface area contributed by atoms with Gasteiger partial charge in [-0.3, -0.25) is 4.79 Å². The predicted molar refractivity (Wildman–Crippen MR) is 143 cm³/mol. The van der Waals surface area contributed by atoms with E-state index in [2.05, 4.69) is 48.3 Å². The van der Waals surface area contributed by atoms with Crippen molar-refractivity contribution in [1.82, 2.24) is 9.97 Å². The molecule has 1 aliphatic carbocycles. The average Bonchev–Trinajstić information content (AvgIpc) is 3.30. The van der Waals surface area contributed by atoms with Crippen molar-refractivity contribution in [2.75, 3.05) is 17.7 Å². The first-order chi connectivity index (χ1) is 16.7. The number of allylic oxidation sites excluding steroid dienone is 3. The molecule has 35 heavy (non-hydrogen) atoms. The molecule has 1 aromatic rings. The molecule has 1 aromatic heterocycles. The Balaban J connectivity index is 0.000000857. The molecule has 0 atom stereocenters. The van der Waals surface area contributed by atoms with E-state index in [9.17, 15) is 9.59 Å². The van der Waals surface area contributed by atoms with Crippen LogP contribution in [0.15, 0.2) is 42.0 Å². The van der Waals surface area contributed by atoms with Gasteiger partial charge in [-0.15, -0.1) is 0 Å². The van der Waals surface area contributed by atoms with Crippen LogP contribution in [0.1, 0.15) is 78.8 Å². The molecule has 0 spiro atoms. The maximum Gasteiger partial charge on any atom is 0.331 e. The van der Waals surface area contributed by atoms with Crippen LogP contribution in [0, 0.1) is 18.8 Å². The number of aliphatic carboxylic acids is 1. The van der Waals surface area contributed by atoms with Gasteiger partial charge in [-0.05, 0) is 38.2 Å².